The Morgan fingerprint density at radius 3 is 1.26 bits per heavy atom. The van der Waals surface area contributed by atoms with Gasteiger partial charge in [-0.3, -0.25) is 4.98 Å². The Balaban J connectivity index is 0.994. The van der Waals surface area contributed by atoms with Gasteiger partial charge in [0.2, 0.25) is 0 Å². The van der Waals surface area contributed by atoms with E-state index in [0.717, 1.165) is 130 Å². The first kappa shape index (κ1) is 54.0. The number of pyridine rings is 1. The van der Waals surface area contributed by atoms with Crippen molar-refractivity contribution in [3.05, 3.63) is 332 Å². The van der Waals surface area contributed by atoms with Crippen LogP contribution in [0.25, 0.3) is 49.6 Å². The molecule has 1 unspecified atom stereocenters. The first-order valence-corrected chi connectivity index (χ1v) is 30.0. The number of aromatic nitrogens is 1. The molecular formula is C81H66N6. The Morgan fingerprint density at radius 1 is 0.402 bits per heavy atom. The predicted molar refractivity (Wildman–Crippen MR) is 368 cm³/mol. The number of hydrogen-bond acceptors (Lipinski definition) is 6. The summed E-state index contributed by atoms with van der Waals surface area (Å²) in [5, 5.41) is 8.27. The van der Waals surface area contributed by atoms with Crippen LogP contribution in [0.3, 0.4) is 0 Å². The number of para-hydroxylation sites is 6. The average Bonchev–Trinajstić information content (AvgIpc) is 1.85. The van der Waals surface area contributed by atoms with Crippen LogP contribution in [0.4, 0.5) is 62.6 Å². The van der Waals surface area contributed by atoms with E-state index in [-0.39, 0.29) is 0 Å². The predicted octanol–water partition coefficient (Wildman–Crippen LogP) is 21.3. The third-order valence-electron chi connectivity index (χ3n) is 17.3. The largest absolute Gasteiger partial charge is 0.385 e. The van der Waals surface area contributed by atoms with Gasteiger partial charge in [-0.1, -0.05) is 195 Å². The van der Waals surface area contributed by atoms with E-state index < -0.39 is 5.41 Å². The molecule has 1 aromatic heterocycles. The summed E-state index contributed by atoms with van der Waals surface area (Å²) in [5.74, 6) is 0. The highest BCUT2D eigenvalue weighted by Gasteiger charge is 2.44. The zero-order valence-electron chi connectivity index (χ0n) is 49.2. The van der Waals surface area contributed by atoms with Crippen molar-refractivity contribution in [3.63, 3.8) is 0 Å². The molecule has 1 aliphatic carbocycles. The lowest BCUT2D eigenvalue weighted by molar-refractivity contribution is 0.582. The Hall–Kier alpha value is -11.0. The van der Waals surface area contributed by atoms with Crippen LogP contribution in [0, 0.1) is 0 Å². The van der Waals surface area contributed by atoms with E-state index in [4.69, 9.17) is 11.6 Å². The lowest BCUT2D eigenvalue weighted by atomic mass is 9.73. The zero-order chi connectivity index (χ0) is 58.8. The minimum Gasteiger partial charge on any atom is -0.385 e. The summed E-state index contributed by atoms with van der Waals surface area (Å²) in [6.07, 6.45) is 2.69. The Morgan fingerprint density at radius 2 is 0.782 bits per heavy atom. The smallest absolute Gasteiger partial charge is 0.0754 e. The van der Waals surface area contributed by atoms with Crippen molar-refractivity contribution in [2.75, 3.05) is 33.2 Å². The monoisotopic (exact) mass is 1120 g/mol. The number of nitrogens with zero attached hydrogens (tertiary/aromatic N) is 5. The molecule has 0 aliphatic heterocycles. The van der Waals surface area contributed by atoms with Crippen LogP contribution in [0.2, 0.25) is 0 Å². The van der Waals surface area contributed by atoms with Crippen LogP contribution in [-0.4, -0.2) is 18.6 Å². The summed E-state index contributed by atoms with van der Waals surface area (Å²) in [6, 6.07) is 107. The van der Waals surface area contributed by atoms with Crippen molar-refractivity contribution < 1.29 is 0 Å². The number of benzene rings is 12. The van der Waals surface area contributed by atoms with Gasteiger partial charge < -0.3 is 24.9 Å². The van der Waals surface area contributed by atoms with E-state index in [0.29, 0.717) is 6.42 Å². The first-order valence-electron chi connectivity index (χ1n) is 30.0. The van der Waals surface area contributed by atoms with Gasteiger partial charge in [0.1, 0.15) is 0 Å². The molecule has 0 fully saturated rings. The van der Waals surface area contributed by atoms with Gasteiger partial charge in [0.25, 0.3) is 0 Å². The van der Waals surface area contributed by atoms with Gasteiger partial charge in [0.15, 0.2) is 0 Å². The summed E-state index contributed by atoms with van der Waals surface area (Å²) >= 11 is 0. The van der Waals surface area contributed by atoms with Crippen LogP contribution in [0.15, 0.2) is 310 Å². The highest BCUT2D eigenvalue weighted by molar-refractivity contribution is 6.10. The van der Waals surface area contributed by atoms with E-state index in [2.05, 4.69) is 349 Å². The lowest BCUT2D eigenvalue weighted by Gasteiger charge is -2.34. The second-order valence-corrected chi connectivity index (χ2v) is 22.6. The molecule has 0 bridgehead atoms. The maximum absolute atomic E-state index is 5.69. The standard InChI is InChI=1S/C81H66N6/c1-5-82-57(2)78-60(52-76(70-40-24-26-42-72(70)78)86(65-34-18-9-19-35-65)66-36-20-10-21-37-66)55-81(3)74-54-77(87(67-38-22-11-23-39-67)68-50-46-59(47-51-68)58-44-48-62(49-45-58)84(4)61-28-12-6-13-29-61)71-41-25-27-43-73(71)79(74)80-75(81)53-69(56-83-80)85(63-30-14-7-15-31-63)64-32-16-8-17-33-64/h6-54,56,82H,2,5,55H2,1,3-4H3. The minimum atomic E-state index is -0.677. The van der Waals surface area contributed by atoms with E-state index >= 15 is 0 Å². The highest BCUT2D eigenvalue weighted by Crippen LogP contribution is 2.57. The molecule has 0 saturated heterocycles. The molecule has 0 amide bonds. The van der Waals surface area contributed by atoms with Crippen LogP contribution < -0.4 is 24.9 Å². The molecule has 1 N–H and O–H groups in total. The molecule has 0 spiro atoms. The number of rotatable bonds is 17. The zero-order valence-corrected chi connectivity index (χ0v) is 49.2. The molecule has 87 heavy (non-hydrogen) atoms. The minimum absolute atomic E-state index is 0.613. The van der Waals surface area contributed by atoms with Crippen molar-refractivity contribution in [1.29, 1.82) is 0 Å². The first-order chi connectivity index (χ1) is 42.8. The molecule has 420 valence electrons. The summed E-state index contributed by atoms with van der Waals surface area (Å²) in [7, 11) is 2.12. The SMILES string of the molecule is C=C(NCC)c1c(CC2(C)c3cc(N(c4ccccc4)c4ccccc4)cnc3-c3c2cc(N(c2ccccc2)c2ccc(-c4ccc(N(C)c5ccccc5)cc4)cc2)c2ccccc32)cc(N(c2ccccc2)c2ccccc2)c2ccccc12. The van der Waals surface area contributed by atoms with Gasteiger partial charge in [0, 0.05) is 92.1 Å². The van der Waals surface area contributed by atoms with Gasteiger partial charge >= 0.3 is 0 Å². The number of anilines is 11. The molecule has 6 heteroatoms. The van der Waals surface area contributed by atoms with Gasteiger partial charge in [-0.2, -0.15) is 0 Å². The number of nitrogens with one attached hydrogen (secondary N) is 1. The quantitative estimate of drug-likeness (QED) is 0.0979. The Kier molecular flexibility index (Phi) is 14.4. The molecule has 6 nitrogen and oxygen atoms in total. The van der Waals surface area contributed by atoms with E-state index in [9.17, 15) is 0 Å². The third kappa shape index (κ3) is 10.0. The fourth-order valence-corrected chi connectivity index (χ4v) is 13.2. The third-order valence-corrected chi connectivity index (χ3v) is 17.3. The van der Waals surface area contributed by atoms with Crippen LogP contribution in [0.5, 0.6) is 0 Å². The summed E-state index contributed by atoms with van der Waals surface area (Å²) in [5.41, 5.74) is 21.1. The summed E-state index contributed by atoms with van der Waals surface area (Å²) in [6.45, 7) is 10.2. The topological polar surface area (TPSA) is 37.9 Å². The van der Waals surface area contributed by atoms with Crippen molar-refractivity contribution in [2.45, 2.75) is 25.7 Å². The second-order valence-electron chi connectivity index (χ2n) is 22.6. The van der Waals surface area contributed by atoms with Crippen LogP contribution in [-0.2, 0) is 11.8 Å². The molecule has 12 aromatic carbocycles. The van der Waals surface area contributed by atoms with Crippen molar-refractivity contribution in [2.24, 2.45) is 0 Å². The Labute approximate surface area is 510 Å². The van der Waals surface area contributed by atoms with Gasteiger partial charge in [-0.25, -0.2) is 0 Å². The molecule has 14 rings (SSSR count). The molecule has 0 radical (unpaired) electrons. The van der Waals surface area contributed by atoms with Crippen LogP contribution >= 0.6 is 0 Å². The van der Waals surface area contributed by atoms with Gasteiger partial charge in [-0.05, 0) is 167 Å². The molecular weight excluding hydrogens is 1060 g/mol. The van der Waals surface area contributed by atoms with Crippen LogP contribution in [0.1, 0.15) is 36.1 Å². The Bertz CT molecular complexity index is 4500. The van der Waals surface area contributed by atoms with Crippen molar-refractivity contribution >= 4 is 89.8 Å². The maximum Gasteiger partial charge on any atom is 0.0754 e. The van der Waals surface area contributed by atoms with Crippen molar-refractivity contribution in [1.82, 2.24) is 10.3 Å². The van der Waals surface area contributed by atoms with Gasteiger partial charge in [-0.15, -0.1) is 0 Å². The van der Waals surface area contributed by atoms with Gasteiger partial charge in [0.05, 0.1) is 29.0 Å². The number of hydrogen-bond donors (Lipinski definition) is 1. The van der Waals surface area contributed by atoms with Crippen molar-refractivity contribution in [3.8, 4) is 22.4 Å². The molecule has 1 atom stereocenters. The molecule has 1 aliphatic rings. The fraction of sp³-hybridized carbons (Fsp3) is 0.0741. The summed E-state index contributed by atoms with van der Waals surface area (Å²) < 4.78 is 0. The number of fused-ring (bicyclic) bond motifs is 6. The normalized spacial score (nSPS) is 13.2. The molecule has 1 heterocycles. The highest BCUT2D eigenvalue weighted by atomic mass is 15.2. The second kappa shape index (κ2) is 23.2. The van der Waals surface area contributed by atoms with E-state index in [1.54, 1.807) is 0 Å². The summed E-state index contributed by atoms with van der Waals surface area (Å²) in [4.78, 5) is 15.1. The molecule has 13 aromatic rings. The van der Waals surface area contributed by atoms with E-state index in [1.807, 2.05) is 0 Å². The molecule has 0 saturated carbocycles. The van der Waals surface area contributed by atoms with E-state index in [1.165, 1.54) is 11.1 Å². The average molecular weight is 1120 g/mol. The lowest BCUT2D eigenvalue weighted by Crippen LogP contribution is -2.26. The maximum atomic E-state index is 5.69. The fourth-order valence-electron chi connectivity index (χ4n) is 13.2.